The summed E-state index contributed by atoms with van der Waals surface area (Å²) >= 11 is 0. The molecule has 0 saturated carbocycles. The average Bonchev–Trinajstić information content (AvgIpc) is 1.49. The van der Waals surface area contributed by atoms with Crippen molar-refractivity contribution in [1.29, 1.82) is 0 Å². The van der Waals surface area contributed by atoms with Crippen molar-refractivity contribution in [3.63, 3.8) is 0 Å². The Morgan fingerprint density at radius 1 is 0.667 bits per heavy atom. The van der Waals surface area contributed by atoms with E-state index in [1.165, 1.54) is 0 Å². The van der Waals surface area contributed by atoms with Gasteiger partial charge in [0.2, 0.25) is 0 Å². The largest absolute Gasteiger partial charge is 0.0747 e. The lowest BCUT2D eigenvalue weighted by Crippen LogP contribution is -2.65. The van der Waals surface area contributed by atoms with Gasteiger partial charge < -0.3 is 0 Å². The molecule has 0 atom stereocenters. The van der Waals surface area contributed by atoms with Crippen molar-refractivity contribution >= 4 is 30.8 Å². The smallest absolute Gasteiger partial charge is 0.0296 e. The Balaban J connectivity index is 4.70. The van der Waals surface area contributed by atoms with E-state index in [-0.39, 0.29) is 15.7 Å². The van der Waals surface area contributed by atoms with Crippen LogP contribution in [0.2, 0.25) is 52.4 Å². The van der Waals surface area contributed by atoms with Crippen LogP contribution in [0.5, 0.6) is 0 Å². The Morgan fingerprint density at radius 2 is 0.917 bits per heavy atom. The molecule has 0 aromatic rings. The highest BCUT2D eigenvalue weighted by atomic mass is 29.9. The molecule has 0 unspecified atom stereocenters. The maximum Gasteiger partial charge on any atom is 0.0296 e. The maximum absolute atomic E-state index is 2.62. The Labute approximate surface area is 83.4 Å². The minimum atomic E-state index is -0.723. The summed E-state index contributed by atoms with van der Waals surface area (Å²) in [5.74, 6) is 0. The van der Waals surface area contributed by atoms with E-state index in [0.29, 0.717) is 0 Å². The van der Waals surface area contributed by atoms with Gasteiger partial charge in [-0.1, -0.05) is 52.4 Å². The molecule has 0 aliphatic heterocycles. The van der Waals surface area contributed by atoms with E-state index in [1.54, 1.807) is 0 Å². The zero-order valence-corrected chi connectivity index (χ0v) is 14.5. The van der Waals surface area contributed by atoms with Gasteiger partial charge in [0, 0.05) is 30.8 Å². The van der Waals surface area contributed by atoms with Crippen molar-refractivity contribution < 1.29 is 0 Å². The van der Waals surface area contributed by atoms with E-state index in [2.05, 4.69) is 52.4 Å². The van der Waals surface area contributed by atoms with Gasteiger partial charge in [-0.15, -0.1) is 0 Å². The highest BCUT2D eigenvalue weighted by Gasteiger charge is 2.40. The fraction of sp³-hybridized carbons (Fsp3) is 1.00. The zero-order chi connectivity index (χ0) is 10.2. The van der Waals surface area contributed by atoms with Gasteiger partial charge in [-0.3, -0.25) is 0 Å². The molecule has 4 heteroatoms. The van der Waals surface area contributed by atoms with Gasteiger partial charge in [-0.05, 0) is 0 Å². The number of hydrogen-bond donors (Lipinski definition) is 0. The second-order valence-corrected chi connectivity index (χ2v) is 45.2. The van der Waals surface area contributed by atoms with Gasteiger partial charge >= 0.3 is 0 Å². The van der Waals surface area contributed by atoms with Crippen molar-refractivity contribution in [3.05, 3.63) is 0 Å². The summed E-state index contributed by atoms with van der Waals surface area (Å²) in [4.78, 5) is 0. The van der Waals surface area contributed by atoms with Gasteiger partial charge in [0.1, 0.15) is 0 Å². The summed E-state index contributed by atoms with van der Waals surface area (Å²) in [6, 6.07) is 0. The van der Waals surface area contributed by atoms with Crippen molar-refractivity contribution in [2.24, 2.45) is 0 Å². The molecular formula is C8H26Si4. The van der Waals surface area contributed by atoms with Crippen LogP contribution in [0.25, 0.3) is 0 Å². The highest BCUT2D eigenvalue weighted by molar-refractivity contribution is 7.78. The molecule has 0 fully saturated rings. The van der Waals surface area contributed by atoms with Crippen LogP contribution >= 0.6 is 0 Å². The fourth-order valence-corrected chi connectivity index (χ4v) is 89.1. The van der Waals surface area contributed by atoms with Crippen LogP contribution in [0.15, 0.2) is 0 Å². The van der Waals surface area contributed by atoms with Crippen molar-refractivity contribution in [2.75, 3.05) is 0 Å². The lowest BCUT2D eigenvalue weighted by atomic mass is 11.8. The molecule has 12 heavy (non-hydrogen) atoms. The van der Waals surface area contributed by atoms with E-state index in [4.69, 9.17) is 0 Å². The summed E-state index contributed by atoms with van der Waals surface area (Å²) in [5, 5.41) is 0. The monoisotopic (exact) mass is 234 g/mol. The Bertz CT molecular complexity index is 126. The van der Waals surface area contributed by atoms with Crippen molar-refractivity contribution in [2.45, 2.75) is 52.4 Å². The molecule has 0 rings (SSSR count). The minimum absolute atomic E-state index is 0.267. The van der Waals surface area contributed by atoms with E-state index < -0.39 is 15.2 Å². The molecule has 0 bridgehead atoms. The molecule has 74 valence electrons. The number of rotatable bonds is 3. The summed E-state index contributed by atoms with van der Waals surface area (Å²) in [6.45, 7) is 20.9. The summed E-state index contributed by atoms with van der Waals surface area (Å²) < 4.78 is 0. The second kappa shape index (κ2) is 3.94. The van der Waals surface area contributed by atoms with Gasteiger partial charge in [-0.2, -0.15) is 0 Å². The van der Waals surface area contributed by atoms with E-state index in [9.17, 15) is 0 Å². The van der Waals surface area contributed by atoms with Gasteiger partial charge in [0.15, 0.2) is 0 Å². The first-order valence-corrected chi connectivity index (χ1v) is 20.7. The Kier molecular flexibility index (Phi) is 4.22. The van der Waals surface area contributed by atoms with Crippen LogP contribution < -0.4 is 0 Å². The highest BCUT2D eigenvalue weighted by Crippen LogP contribution is 2.19. The molecule has 0 radical (unpaired) electrons. The van der Waals surface area contributed by atoms with Crippen LogP contribution in [0.1, 0.15) is 0 Å². The van der Waals surface area contributed by atoms with Crippen LogP contribution in [-0.2, 0) is 0 Å². The zero-order valence-electron chi connectivity index (χ0n) is 10.2. The van der Waals surface area contributed by atoms with E-state index >= 15 is 0 Å². The lowest BCUT2D eigenvalue weighted by Gasteiger charge is -2.39. The number of hydrogen-bond acceptors (Lipinski definition) is 0. The van der Waals surface area contributed by atoms with Gasteiger partial charge in [-0.25, -0.2) is 0 Å². The molecule has 0 spiro atoms. The third kappa shape index (κ3) is 3.72. The average molecular weight is 235 g/mol. The molecule has 0 N–H and O–H groups in total. The summed E-state index contributed by atoms with van der Waals surface area (Å²) in [7, 11) is -1.99. The van der Waals surface area contributed by atoms with Crippen LogP contribution in [0, 0.1) is 0 Å². The molecule has 0 nitrogen and oxygen atoms in total. The minimum Gasteiger partial charge on any atom is -0.0747 e. The normalized spacial score (nSPS) is 14.5. The second-order valence-electron chi connectivity index (χ2n) is 6.45. The van der Waals surface area contributed by atoms with Gasteiger partial charge in [0.25, 0.3) is 0 Å². The van der Waals surface area contributed by atoms with Crippen LogP contribution in [0.3, 0.4) is 0 Å². The molecule has 0 aliphatic rings. The third-order valence-corrected chi connectivity index (χ3v) is 68.4. The lowest BCUT2D eigenvalue weighted by molar-refractivity contribution is 1.80. The predicted octanol–water partition coefficient (Wildman–Crippen LogP) is 2.61. The van der Waals surface area contributed by atoms with E-state index in [1.807, 2.05) is 0 Å². The van der Waals surface area contributed by atoms with Crippen LogP contribution in [0.4, 0.5) is 0 Å². The molecule has 0 heterocycles. The topological polar surface area (TPSA) is 0 Å². The van der Waals surface area contributed by atoms with Crippen LogP contribution in [-0.4, -0.2) is 30.8 Å². The fourth-order valence-electron chi connectivity index (χ4n) is 3.30. The first-order chi connectivity index (χ1) is 5.07. The van der Waals surface area contributed by atoms with Crippen molar-refractivity contribution in [3.8, 4) is 0 Å². The summed E-state index contributed by atoms with van der Waals surface area (Å²) in [6.07, 6.45) is 0. The molecule has 0 saturated heterocycles. The molecule has 0 aromatic heterocycles. The summed E-state index contributed by atoms with van der Waals surface area (Å²) in [5.41, 5.74) is 0. The SMILES string of the molecule is C[SiH](C)[SiH]([Si](C)(C)C)[Si](C)(C)C. The molecular weight excluding hydrogens is 208 g/mol. The molecule has 0 amide bonds. The standard InChI is InChI=1S/C8H26Si4/c1-9(2)10(11(3,4)5)12(6,7)8/h9-10H,1-8H3. The van der Waals surface area contributed by atoms with E-state index in [0.717, 1.165) is 0 Å². The third-order valence-electron chi connectivity index (χ3n) is 2.53. The molecule has 0 aliphatic carbocycles. The molecule has 0 aromatic carbocycles. The first-order valence-electron chi connectivity index (χ1n) is 5.07. The van der Waals surface area contributed by atoms with Crippen molar-refractivity contribution in [1.82, 2.24) is 0 Å². The van der Waals surface area contributed by atoms with Gasteiger partial charge in [0.05, 0.1) is 0 Å². The maximum atomic E-state index is 2.62. The first kappa shape index (κ1) is 12.9. The predicted molar refractivity (Wildman–Crippen MR) is 72.7 cm³/mol. The Morgan fingerprint density at radius 3 is 0.917 bits per heavy atom. The quantitative estimate of drug-likeness (QED) is 0.659. The Hall–Kier alpha value is 0.868.